The third-order valence-electron chi connectivity index (χ3n) is 5.97. The normalized spacial score (nSPS) is 40.3. The lowest BCUT2D eigenvalue weighted by Gasteiger charge is -2.35. The Morgan fingerprint density at radius 2 is 2.00 bits per heavy atom. The second kappa shape index (κ2) is 4.15. The van der Waals surface area contributed by atoms with E-state index in [2.05, 4.69) is 22.5 Å². The molecule has 0 unspecified atom stereocenters. The fourth-order valence-electron chi connectivity index (χ4n) is 5.13. The summed E-state index contributed by atoms with van der Waals surface area (Å²) in [5.41, 5.74) is 1.03. The molecule has 6 atom stereocenters. The molecule has 2 fully saturated rings. The van der Waals surface area contributed by atoms with Gasteiger partial charge in [-0.15, -0.1) is 0 Å². The third-order valence-corrected chi connectivity index (χ3v) is 5.97. The van der Waals surface area contributed by atoms with Gasteiger partial charge in [-0.1, -0.05) is 17.4 Å². The van der Waals surface area contributed by atoms with Gasteiger partial charge in [0.25, 0.3) is 5.69 Å². The number of rotatable bonds is 2. The van der Waals surface area contributed by atoms with Crippen LogP contribution < -0.4 is 5.01 Å². The molecular formula is C16H16N4O2. The van der Waals surface area contributed by atoms with Gasteiger partial charge in [0.1, 0.15) is 0 Å². The maximum absolute atomic E-state index is 10.8. The zero-order valence-electron chi connectivity index (χ0n) is 11.9. The number of allylic oxidation sites excluding steroid dienone is 2. The van der Waals surface area contributed by atoms with E-state index in [0.717, 1.165) is 11.6 Å². The molecular weight excluding hydrogens is 280 g/mol. The van der Waals surface area contributed by atoms with E-state index in [4.69, 9.17) is 0 Å². The SMILES string of the molecule is O=[N+]([O-])c1ccc(N2N=N[C@H]3[C@@H]4C[C@H]([C@H]5CC=C[C@H]45)[C@@H]32)cc1. The molecule has 2 bridgehead atoms. The van der Waals surface area contributed by atoms with E-state index < -0.39 is 0 Å². The number of nitro groups is 1. The highest BCUT2D eigenvalue weighted by Gasteiger charge is 2.61. The van der Waals surface area contributed by atoms with Crippen LogP contribution in [-0.4, -0.2) is 17.0 Å². The minimum Gasteiger partial charge on any atom is -0.258 e. The Morgan fingerprint density at radius 1 is 1.18 bits per heavy atom. The second-order valence-electron chi connectivity index (χ2n) is 6.77. The van der Waals surface area contributed by atoms with Gasteiger partial charge >= 0.3 is 0 Å². The number of hydrogen-bond donors (Lipinski definition) is 0. The standard InChI is InChI=1S/C16H16N4O2/c21-20(22)10-6-4-9(5-7-10)19-16-14-8-13(15(16)17-18-19)11-2-1-3-12(11)14/h1-2,4-7,11-16H,3,8H2/t11-,12-,13+,14+,15-,16-/m0/s1. The molecule has 1 aromatic carbocycles. The maximum atomic E-state index is 10.8. The van der Waals surface area contributed by atoms with Crippen molar-refractivity contribution in [2.24, 2.45) is 34.0 Å². The summed E-state index contributed by atoms with van der Waals surface area (Å²) in [4.78, 5) is 10.4. The third kappa shape index (κ3) is 1.44. The Morgan fingerprint density at radius 3 is 2.77 bits per heavy atom. The van der Waals surface area contributed by atoms with Crippen molar-refractivity contribution in [3.05, 3.63) is 46.5 Å². The molecule has 1 heterocycles. The van der Waals surface area contributed by atoms with Crippen LogP contribution in [0.3, 0.4) is 0 Å². The van der Waals surface area contributed by atoms with Gasteiger partial charge in [-0.25, -0.2) is 5.01 Å². The van der Waals surface area contributed by atoms with Crippen LogP contribution >= 0.6 is 0 Å². The highest BCUT2D eigenvalue weighted by molar-refractivity contribution is 5.52. The molecule has 3 aliphatic carbocycles. The van der Waals surface area contributed by atoms with Crippen LogP contribution in [0.2, 0.25) is 0 Å². The molecule has 22 heavy (non-hydrogen) atoms. The molecule has 0 radical (unpaired) electrons. The fourth-order valence-corrected chi connectivity index (χ4v) is 5.13. The van der Waals surface area contributed by atoms with Crippen molar-refractivity contribution in [1.82, 2.24) is 0 Å². The van der Waals surface area contributed by atoms with E-state index in [1.807, 2.05) is 5.01 Å². The van der Waals surface area contributed by atoms with Gasteiger partial charge in [-0.05, 0) is 48.6 Å². The van der Waals surface area contributed by atoms with Gasteiger partial charge in [0.2, 0.25) is 0 Å². The number of non-ortho nitro benzene ring substituents is 1. The smallest absolute Gasteiger partial charge is 0.258 e. The summed E-state index contributed by atoms with van der Waals surface area (Å²) >= 11 is 0. The lowest BCUT2D eigenvalue weighted by atomic mass is 9.76. The Balaban J connectivity index is 1.46. The monoisotopic (exact) mass is 296 g/mol. The molecule has 6 heteroatoms. The Bertz CT molecular complexity index is 699. The van der Waals surface area contributed by atoms with Crippen molar-refractivity contribution in [3.63, 3.8) is 0 Å². The van der Waals surface area contributed by atoms with E-state index in [1.54, 1.807) is 24.3 Å². The van der Waals surface area contributed by atoms with E-state index >= 15 is 0 Å². The van der Waals surface area contributed by atoms with Crippen LogP contribution in [0.15, 0.2) is 46.8 Å². The van der Waals surface area contributed by atoms with Gasteiger partial charge in [-0.3, -0.25) is 10.1 Å². The van der Waals surface area contributed by atoms with E-state index in [0.29, 0.717) is 29.8 Å². The first-order chi connectivity index (χ1) is 10.7. The largest absolute Gasteiger partial charge is 0.269 e. The van der Waals surface area contributed by atoms with Gasteiger partial charge in [0.15, 0.2) is 0 Å². The van der Waals surface area contributed by atoms with Crippen LogP contribution in [-0.2, 0) is 0 Å². The van der Waals surface area contributed by atoms with Gasteiger partial charge in [0.05, 0.1) is 22.7 Å². The molecule has 0 N–H and O–H groups in total. The first-order valence-electron chi connectivity index (χ1n) is 7.85. The van der Waals surface area contributed by atoms with Crippen LogP contribution in [0.1, 0.15) is 12.8 Å². The molecule has 0 spiro atoms. The molecule has 0 aromatic heterocycles. The summed E-state index contributed by atoms with van der Waals surface area (Å²) < 4.78 is 0. The molecule has 112 valence electrons. The van der Waals surface area contributed by atoms with Gasteiger partial charge in [-0.2, -0.15) is 5.11 Å². The first kappa shape index (κ1) is 12.3. The molecule has 2 saturated carbocycles. The summed E-state index contributed by atoms with van der Waals surface area (Å²) in [5.74, 6) is 2.71. The summed E-state index contributed by atoms with van der Waals surface area (Å²) in [5, 5.41) is 21.7. The zero-order valence-corrected chi connectivity index (χ0v) is 11.9. The van der Waals surface area contributed by atoms with Gasteiger partial charge < -0.3 is 0 Å². The highest BCUT2D eigenvalue weighted by Crippen LogP contribution is 2.60. The summed E-state index contributed by atoms with van der Waals surface area (Å²) in [6.45, 7) is 0. The lowest BCUT2D eigenvalue weighted by Crippen LogP contribution is -2.44. The summed E-state index contributed by atoms with van der Waals surface area (Å²) in [6.07, 6.45) is 7.14. The topological polar surface area (TPSA) is 71.1 Å². The Kier molecular flexibility index (Phi) is 2.32. The minimum absolute atomic E-state index is 0.115. The van der Waals surface area contributed by atoms with Crippen LogP contribution in [0.5, 0.6) is 0 Å². The number of hydrogen-bond acceptors (Lipinski definition) is 5. The van der Waals surface area contributed by atoms with Crippen molar-refractivity contribution in [2.75, 3.05) is 5.01 Å². The molecule has 5 rings (SSSR count). The van der Waals surface area contributed by atoms with E-state index in [9.17, 15) is 10.1 Å². The highest BCUT2D eigenvalue weighted by atomic mass is 16.6. The van der Waals surface area contributed by atoms with Crippen molar-refractivity contribution in [2.45, 2.75) is 24.9 Å². The molecule has 1 aromatic rings. The molecule has 1 aliphatic heterocycles. The van der Waals surface area contributed by atoms with Crippen molar-refractivity contribution in [1.29, 1.82) is 0 Å². The first-order valence-corrected chi connectivity index (χ1v) is 7.85. The number of nitrogens with zero attached hydrogens (tertiary/aromatic N) is 4. The van der Waals surface area contributed by atoms with Crippen molar-refractivity contribution >= 4 is 11.4 Å². The summed E-state index contributed by atoms with van der Waals surface area (Å²) in [6, 6.07) is 7.31. The van der Waals surface area contributed by atoms with E-state index in [-0.39, 0.29) is 10.6 Å². The molecule has 4 aliphatic rings. The number of anilines is 1. The predicted octanol–water partition coefficient (Wildman–Crippen LogP) is 3.36. The molecule has 0 saturated heterocycles. The number of fused-ring (bicyclic) bond motifs is 8. The average Bonchev–Trinajstić information content (AvgIpc) is 3.25. The second-order valence-corrected chi connectivity index (χ2v) is 6.77. The van der Waals surface area contributed by atoms with Crippen LogP contribution in [0, 0.1) is 33.8 Å². The maximum Gasteiger partial charge on any atom is 0.269 e. The molecule has 6 nitrogen and oxygen atoms in total. The predicted molar refractivity (Wildman–Crippen MR) is 80.3 cm³/mol. The van der Waals surface area contributed by atoms with Gasteiger partial charge in [0, 0.05) is 12.1 Å². The van der Waals surface area contributed by atoms with Crippen molar-refractivity contribution < 1.29 is 4.92 Å². The van der Waals surface area contributed by atoms with Crippen LogP contribution in [0.25, 0.3) is 0 Å². The Labute approximate surface area is 127 Å². The average molecular weight is 296 g/mol. The van der Waals surface area contributed by atoms with Crippen molar-refractivity contribution in [3.8, 4) is 0 Å². The quantitative estimate of drug-likeness (QED) is 0.477. The van der Waals surface area contributed by atoms with Crippen LogP contribution in [0.4, 0.5) is 11.4 Å². The zero-order chi connectivity index (χ0) is 14.8. The number of nitro benzene ring substituents is 1. The minimum atomic E-state index is -0.371. The van der Waals surface area contributed by atoms with E-state index in [1.165, 1.54) is 12.8 Å². The number of benzene rings is 1. The fraction of sp³-hybridized carbons (Fsp3) is 0.500. The Hall–Kier alpha value is -2.24. The molecule has 0 amide bonds. The summed E-state index contributed by atoms with van der Waals surface area (Å²) in [7, 11) is 0. The lowest BCUT2D eigenvalue weighted by molar-refractivity contribution is -0.384.